The van der Waals surface area contributed by atoms with Crippen LogP contribution in [0.1, 0.15) is 30.9 Å². The van der Waals surface area contributed by atoms with E-state index in [1.165, 1.54) is 18.2 Å². The minimum absolute atomic E-state index is 0.0109. The van der Waals surface area contributed by atoms with Crippen molar-refractivity contribution in [2.45, 2.75) is 32.5 Å². The lowest BCUT2D eigenvalue weighted by molar-refractivity contribution is -0.274. The second-order valence-corrected chi connectivity index (χ2v) is 6.48. The molecule has 3 aromatic rings. The zero-order valence-corrected chi connectivity index (χ0v) is 15.2. The van der Waals surface area contributed by atoms with Gasteiger partial charge in [-0.2, -0.15) is 0 Å². The smallest absolute Gasteiger partial charge is 0.404 e. The third kappa shape index (κ3) is 4.28. The zero-order chi connectivity index (χ0) is 20.3. The molecule has 0 N–H and O–H groups in total. The van der Waals surface area contributed by atoms with Crippen molar-refractivity contribution in [1.29, 1.82) is 0 Å². The average Bonchev–Trinajstić information content (AvgIpc) is 2.64. The van der Waals surface area contributed by atoms with E-state index in [2.05, 4.69) is 17.6 Å². The van der Waals surface area contributed by atoms with Gasteiger partial charge in [-0.3, -0.25) is 0 Å². The Balaban J connectivity index is 2.02. The quantitative estimate of drug-likeness (QED) is 0.343. The highest BCUT2D eigenvalue weighted by atomic mass is 19.4. The van der Waals surface area contributed by atoms with Crippen LogP contribution in [0.5, 0.6) is 5.75 Å². The van der Waals surface area contributed by atoms with Gasteiger partial charge in [0.1, 0.15) is 11.6 Å². The third-order valence-corrected chi connectivity index (χ3v) is 4.52. The van der Waals surface area contributed by atoms with Crippen molar-refractivity contribution in [2.75, 3.05) is 0 Å². The summed E-state index contributed by atoms with van der Waals surface area (Å²) in [5.74, 6) is 1.50. The van der Waals surface area contributed by atoms with Gasteiger partial charge in [0.05, 0.1) is 5.56 Å². The predicted molar refractivity (Wildman–Crippen MR) is 103 cm³/mol. The SMILES string of the molecule is C#Cc1c(OC(F)(F)F)ccc2cc(-c3ccc(CCCC)cc3F)ccc12. The molecule has 0 unspecified atom stereocenters. The number of benzene rings is 3. The summed E-state index contributed by atoms with van der Waals surface area (Å²) in [7, 11) is 0. The van der Waals surface area contributed by atoms with E-state index in [1.54, 1.807) is 24.3 Å². The average molecular weight is 386 g/mol. The van der Waals surface area contributed by atoms with Crippen molar-refractivity contribution < 1.29 is 22.3 Å². The van der Waals surface area contributed by atoms with E-state index < -0.39 is 12.1 Å². The van der Waals surface area contributed by atoms with Gasteiger partial charge in [0.25, 0.3) is 0 Å². The highest BCUT2D eigenvalue weighted by molar-refractivity contribution is 5.93. The van der Waals surface area contributed by atoms with Crippen LogP contribution in [0.4, 0.5) is 17.6 Å². The molecular formula is C23H18F4O. The maximum Gasteiger partial charge on any atom is 0.573 e. The van der Waals surface area contributed by atoms with Gasteiger partial charge in [-0.15, -0.1) is 19.6 Å². The van der Waals surface area contributed by atoms with E-state index in [0.717, 1.165) is 24.8 Å². The van der Waals surface area contributed by atoms with Crippen molar-refractivity contribution in [2.24, 2.45) is 0 Å². The Morgan fingerprint density at radius 2 is 1.82 bits per heavy atom. The summed E-state index contributed by atoms with van der Waals surface area (Å²) in [5, 5.41) is 1.04. The number of hydrogen-bond acceptors (Lipinski definition) is 1. The van der Waals surface area contributed by atoms with Crippen LogP contribution < -0.4 is 4.74 Å². The molecule has 0 saturated heterocycles. The fourth-order valence-electron chi connectivity index (χ4n) is 3.17. The summed E-state index contributed by atoms with van der Waals surface area (Å²) >= 11 is 0. The van der Waals surface area contributed by atoms with Crippen molar-refractivity contribution >= 4 is 10.8 Å². The maximum absolute atomic E-state index is 14.6. The number of hydrogen-bond donors (Lipinski definition) is 0. The molecule has 28 heavy (non-hydrogen) atoms. The molecule has 0 aliphatic carbocycles. The van der Waals surface area contributed by atoms with Crippen LogP contribution in [-0.4, -0.2) is 6.36 Å². The van der Waals surface area contributed by atoms with Crippen molar-refractivity contribution in [3.8, 4) is 29.2 Å². The van der Waals surface area contributed by atoms with Crippen molar-refractivity contribution in [3.05, 3.63) is 65.5 Å². The molecule has 144 valence electrons. The largest absolute Gasteiger partial charge is 0.573 e. The number of unbranched alkanes of at least 4 members (excludes halogenated alkanes) is 1. The molecular weight excluding hydrogens is 368 g/mol. The number of fused-ring (bicyclic) bond motifs is 1. The van der Waals surface area contributed by atoms with Crippen LogP contribution in [-0.2, 0) is 6.42 Å². The number of alkyl halides is 3. The molecule has 0 aliphatic heterocycles. The lowest BCUT2D eigenvalue weighted by Gasteiger charge is -2.13. The topological polar surface area (TPSA) is 9.23 Å². The van der Waals surface area contributed by atoms with Crippen LogP contribution >= 0.6 is 0 Å². The molecule has 5 heteroatoms. The second kappa shape index (κ2) is 7.93. The summed E-state index contributed by atoms with van der Waals surface area (Å²) in [6.07, 6.45) is 3.42. The maximum atomic E-state index is 14.6. The summed E-state index contributed by atoms with van der Waals surface area (Å²) in [4.78, 5) is 0. The van der Waals surface area contributed by atoms with Gasteiger partial charge in [-0.25, -0.2) is 4.39 Å². The lowest BCUT2D eigenvalue weighted by Crippen LogP contribution is -2.17. The molecule has 0 amide bonds. The van der Waals surface area contributed by atoms with Gasteiger partial charge in [0.2, 0.25) is 0 Å². The molecule has 0 radical (unpaired) electrons. The first-order valence-electron chi connectivity index (χ1n) is 8.90. The summed E-state index contributed by atoms with van der Waals surface area (Å²) in [5.41, 5.74) is 2.00. The van der Waals surface area contributed by atoms with Crippen LogP contribution in [0, 0.1) is 18.2 Å². The number of aryl methyl sites for hydroxylation is 1. The minimum Gasteiger partial charge on any atom is -0.404 e. The molecule has 1 nitrogen and oxygen atoms in total. The summed E-state index contributed by atoms with van der Waals surface area (Å²) in [6, 6.07) is 12.8. The van der Waals surface area contributed by atoms with E-state index in [9.17, 15) is 17.6 Å². The van der Waals surface area contributed by atoms with Gasteiger partial charge < -0.3 is 4.74 Å². The van der Waals surface area contributed by atoms with Gasteiger partial charge in [-0.05, 0) is 47.6 Å². The minimum atomic E-state index is -4.83. The molecule has 0 heterocycles. The fraction of sp³-hybridized carbons (Fsp3) is 0.217. The Kier molecular flexibility index (Phi) is 5.60. The van der Waals surface area contributed by atoms with Gasteiger partial charge in [-0.1, -0.05) is 49.6 Å². The van der Waals surface area contributed by atoms with Crippen LogP contribution in [0.2, 0.25) is 0 Å². The molecule has 0 fully saturated rings. The van der Waals surface area contributed by atoms with Gasteiger partial charge in [0, 0.05) is 10.9 Å². The predicted octanol–water partition coefficient (Wildman–Crippen LogP) is 6.87. The van der Waals surface area contributed by atoms with E-state index >= 15 is 0 Å². The Hall–Kier alpha value is -3.00. The van der Waals surface area contributed by atoms with E-state index in [4.69, 9.17) is 6.42 Å². The monoisotopic (exact) mass is 386 g/mol. The lowest BCUT2D eigenvalue weighted by atomic mass is 9.96. The Bertz CT molecular complexity index is 1040. The normalized spacial score (nSPS) is 11.4. The van der Waals surface area contributed by atoms with Crippen LogP contribution in [0.3, 0.4) is 0 Å². The zero-order valence-electron chi connectivity index (χ0n) is 15.2. The number of ether oxygens (including phenoxy) is 1. The first-order chi connectivity index (χ1) is 13.3. The highest BCUT2D eigenvalue weighted by Crippen LogP contribution is 2.34. The molecule has 0 atom stereocenters. The molecule has 3 aromatic carbocycles. The van der Waals surface area contributed by atoms with Crippen molar-refractivity contribution in [3.63, 3.8) is 0 Å². The van der Waals surface area contributed by atoms with Crippen LogP contribution in [0.15, 0.2) is 48.5 Å². The van der Waals surface area contributed by atoms with Crippen molar-refractivity contribution in [1.82, 2.24) is 0 Å². The number of halogens is 4. The van der Waals surface area contributed by atoms with E-state index in [0.29, 0.717) is 21.9 Å². The first-order valence-corrected chi connectivity index (χ1v) is 8.90. The third-order valence-electron chi connectivity index (χ3n) is 4.52. The standard InChI is InChI=1S/C23H18F4O/c1-3-5-6-15-7-10-20(21(24)13-15)17-8-11-19-16(14-17)9-12-22(18(19)4-2)28-23(25,26)27/h2,7-14H,3,5-6H2,1H3. The fourth-order valence-corrected chi connectivity index (χ4v) is 3.17. The summed E-state index contributed by atoms with van der Waals surface area (Å²) < 4.78 is 56.3. The van der Waals surface area contributed by atoms with Crippen LogP contribution in [0.25, 0.3) is 21.9 Å². The molecule has 0 aromatic heterocycles. The molecule has 0 saturated carbocycles. The Labute approximate surface area is 160 Å². The first kappa shape index (κ1) is 19.8. The Morgan fingerprint density at radius 3 is 2.46 bits per heavy atom. The molecule has 0 spiro atoms. The van der Waals surface area contributed by atoms with Gasteiger partial charge in [0.15, 0.2) is 0 Å². The van der Waals surface area contributed by atoms with E-state index in [-0.39, 0.29) is 11.4 Å². The summed E-state index contributed by atoms with van der Waals surface area (Å²) in [6.45, 7) is 2.08. The molecule has 0 bridgehead atoms. The molecule has 0 aliphatic rings. The van der Waals surface area contributed by atoms with Gasteiger partial charge >= 0.3 is 6.36 Å². The molecule has 3 rings (SSSR count). The van der Waals surface area contributed by atoms with E-state index in [1.807, 2.05) is 6.07 Å². The number of rotatable bonds is 5. The second-order valence-electron chi connectivity index (χ2n) is 6.48. The Morgan fingerprint density at radius 1 is 1.04 bits per heavy atom. The number of terminal acetylenes is 1. The highest BCUT2D eigenvalue weighted by Gasteiger charge is 2.32.